The lowest BCUT2D eigenvalue weighted by molar-refractivity contribution is -0.187. The van der Waals surface area contributed by atoms with E-state index in [0.717, 1.165) is 11.1 Å². The van der Waals surface area contributed by atoms with E-state index in [2.05, 4.69) is 0 Å². The van der Waals surface area contributed by atoms with Crippen LogP contribution in [0, 0.1) is 25.7 Å². The Morgan fingerprint density at radius 3 is 2.62 bits per heavy atom. The van der Waals surface area contributed by atoms with Crippen molar-refractivity contribution in [1.82, 2.24) is 0 Å². The monoisotopic (exact) mass is 300 g/mol. The number of aryl methyl sites for hydroxylation is 2. The van der Waals surface area contributed by atoms with Crippen LogP contribution in [0.3, 0.4) is 0 Å². The molecule has 0 bridgehead atoms. The van der Waals surface area contributed by atoms with Crippen molar-refractivity contribution in [2.45, 2.75) is 45.7 Å². The zero-order chi connectivity index (χ0) is 15.6. The minimum Gasteiger partial charge on any atom is -0.426 e. The minimum atomic E-state index is -4.22. The molecule has 1 aromatic rings. The lowest BCUT2D eigenvalue weighted by Crippen LogP contribution is -2.33. The largest absolute Gasteiger partial charge is 0.426 e. The van der Waals surface area contributed by atoms with Crippen LogP contribution in [0.1, 0.15) is 36.8 Å². The highest BCUT2D eigenvalue weighted by molar-refractivity contribution is 5.75. The fourth-order valence-corrected chi connectivity index (χ4v) is 2.71. The summed E-state index contributed by atoms with van der Waals surface area (Å²) in [6.45, 7) is 3.68. The number of benzene rings is 1. The Hall–Kier alpha value is -1.52. The van der Waals surface area contributed by atoms with Gasteiger partial charge in [0.15, 0.2) is 0 Å². The normalized spacial score (nSPS) is 22.9. The third-order valence-corrected chi connectivity index (χ3v) is 4.02. The molecule has 0 amide bonds. The highest BCUT2D eigenvalue weighted by atomic mass is 19.4. The van der Waals surface area contributed by atoms with E-state index in [-0.39, 0.29) is 12.8 Å². The second kappa shape index (κ2) is 6.08. The van der Waals surface area contributed by atoms with E-state index >= 15 is 0 Å². The molecule has 1 saturated carbocycles. The second-order valence-corrected chi connectivity index (χ2v) is 5.79. The van der Waals surface area contributed by atoms with Crippen LogP contribution in [0.4, 0.5) is 13.2 Å². The molecule has 1 fully saturated rings. The molecule has 1 aliphatic rings. The molecule has 0 spiro atoms. The van der Waals surface area contributed by atoms with Crippen molar-refractivity contribution in [2.75, 3.05) is 0 Å². The van der Waals surface area contributed by atoms with E-state index < -0.39 is 24.0 Å². The quantitative estimate of drug-likeness (QED) is 0.590. The van der Waals surface area contributed by atoms with Crippen molar-refractivity contribution in [3.63, 3.8) is 0 Å². The molecule has 2 rings (SSSR count). The third-order valence-electron chi connectivity index (χ3n) is 4.02. The van der Waals surface area contributed by atoms with E-state index in [1.807, 2.05) is 19.1 Å². The molecule has 116 valence electrons. The number of rotatable bonds is 2. The van der Waals surface area contributed by atoms with Gasteiger partial charge < -0.3 is 4.74 Å². The van der Waals surface area contributed by atoms with Crippen molar-refractivity contribution in [2.24, 2.45) is 11.8 Å². The summed E-state index contributed by atoms with van der Waals surface area (Å²) >= 11 is 0. The van der Waals surface area contributed by atoms with Crippen LogP contribution in [0.15, 0.2) is 18.2 Å². The molecule has 2 unspecified atom stereocenters. The van der Waals surface area contributed by atoms with Gasteiger partial charge in [-0.1, -0.05) is 18.6 Å². The average Bonchev–Trinajstić information content (AvgIpc) is 2.42. The highest BCUT2D eigenvalue weighted by Gasteiger charge is 2.44. The predicted octanol–water partition coefficient (Wildman–Crippen LogP) is 4.58. The number of halogens is 3. The Labute approximate surface area is 122 Å². The van der Waals surface area contributed by atoms with Gasteiger partial charge in [-0.15, -0.1) is 0 Å². The molecule has 0 aromatic heterocycles. The second-order valence-electron chi connectivity index (χ2n) is 5.79. The Kier molecular flexibility index (Phi) is 4.59. The van der Waals surface area contributed by atoms with Crippen LogP contribution in [-0.4, -0.2) is 12.1 Å². The van der Waals surface area contributed by atoms with Gasteiger partial charge in [0.25, 0.3) is 0 Å². The summed E-state index contributed by atoms with van der Waals surface area (Å²) in [7, 11) is 0. The van der Waals surface area contributed by atoms with E-state index in [0.29, 0.717) is 18.6 Å². The maximum atomic E-state index is 12.8. The van der Waals surface area contributed by atoms with E-state index in [1.165, 1.54) is 0 Å². The van der Waals surface area contributed by atoms with Crippen molar-refractivity contribution in [1.29, 1.82) is 0 Å². The van der Waals surface area contributed by atoms with Gasteiger partial charge in [0.1, 0.15) is 5.75 Å². The average molecular weight is 300 g/mol. The molecule has 0 saturated heterocycles. The standard InChI is InChI=1S/C16H19F3O2/c1-10-6-7-11(2)14(8-10)21-15(20)12-4-3-5-13(9-12)16(17,18)19/h6-8,12-13H,3-5,9H2,1-2H3. The predicted molar refractivity (Wildman–Crippen MR) is 73.1 cm³/mol. The van der Waals surface area contributed by atoms with E-state index in [4.69, 9.17) is 4.74 Å². The molecule has 21 heavy (non-hydrogen) atoms. The zero-order valence-corrected chi connectivity index (χ0v) is 12.2. The number of ether oxygens (including phenoxy) is 1. The molecule has 2 atom stereocenters. The van der Waals surface area contributed by atoms with Gasteiger partial charge in [-0.3, -0.25) is 4.79 Å². The van der Waals surface area contributed by atoms with Crippen LogP contribution in [-0.2, 0) is 4.79 Å². The van der Waals surface area contributed by atoms with Crippen molar-refractivity contribution in [3.8, 4) is 5.75 Å². The van der Waals surface area contributed by atoms with Gasteiger partial charge >= 0.3 is 12.1 Å². The van der Waals surface area contributed by atoms with Gasteiger partial charge in [-0.05, 0) is 50.3 Å². The summed E-state index contributed by atoms with van der Waals surface area (Å²) in [6, 6.07) is 5.46. The molecular formula is C16H19F3O2. The number of hydrogen-bond acceptors (Lipinski definition) is 2. The fraction of sp³-hybridized carbons (Fsp3) is 0.562. The Balaban J connectivity index is 2.04. The van der Waals surface area contributed by atoms with Crippen molar-refractivity contribution >= 4 is 5.97 Å². The maximum absolute atomic E-state index is 12.8. The summed E-state index contributed by atoms with van der Waals surface area (Å²) in [6.07, 6.45) is -3.39. The molecule has 0 heterocycles. The van der Waals surface area contributed by atoms with Gasteiger partial charge in [0.05, 0.1) is 11.8 Å². The first kappa shape index (κ1) is 15.9. The molecule has 2 nitrogen and oxygen atoms in total. The molecule has 1 aromatic carbocycles. The van der Waals surface area contributed by atoms with Crippen LogP contribution in [0.2, 0.25) is 0 Å². The zero-order valence-electron chi connectivity index (χ0n) is 12.2. The highest BCUT2D eigenvalue weighted by Crippen LogP contribution is 2.40. The summed E-state index contributed by atoms with van der Waals surface area (Å²) in [5, 5.41) is 0. The van der Waals surface area contributed by atoms with E-state index in [1.54, 1.807) is 13.0 Å². The first-order valence-corrected chi connectivity index (χ1v) is 7.13. The SMILES string of the molecule is Cc1ccc(C)c(OC(=O)C2CCCC(C(F)(F)F)C2)c1. The number of alkyl halides is 3. The number of carbonyl (C=O) groups is 1. The summed E-state index contributed by atoms with van der Waals surface area (Å²) < 4.78 is 43.6. The van der Waals surface area contributed by atoms with Gasteiger partial charge in [-0.2, -0.15) is 13.2 Å². The van der Waals surface area contributed by atoms with Gasteiger partial charge in [0.2, 0.25) is 0 Å². The Morgan fingerprint density at radius 1 is 1.24 bits per heavy atom. The van der Waals surface area contributed by atoms with E-state index in [9.17, 15) is 18.0 Å². The van der Waals surface area contributed by atoms with Crippen LogP contribution >= 0.6 is 0 Å². The van der Waals surface area contributed by atoms with Gasteiger partial charge in [-0.25, -0.2) is 0 Å². The summed E-state index contributed by atoms with van der Waals surface area (Å²) in [4.78, 5) is 12.1. The van der Waals surface area contributed by atoms with Gasteiger partial charge in [0, 0.05) is 0 Å². The summed E-state index contributed by atoms with van der Waals surface area (Å²) in [5.74, 6) is -2.15. The number of hydrogen-bond donors (Lipinski definition) is 0. The molecule has 0 aliphatic heterocycles. The van der Waals surface area contributed by atoms with Crippen molar-refractivity contribution < 1.29 is 22.7 Å². The lowest BCUT2D eigenvalue weighted by Gasteiger charge is -2.29. The molecule has 5 heteroatoms. The third kappa shape index (κ3) is 3.99. The lowest BCUT2D eigenvalue weighted by atomic mass is 9.81. The topological polar surface area (TPSA) is 26.3 Å². The molecule has 0 radical (unpaired) electrons. The van der Waals surface area contributed by atoms with Crippen molar-refractivity contribution in [3.05, 3.63) is 29.3 Å². The van der Waals surface area contributed by atoms with Crippen LogP contribution in [0.25, 0.3) is 0 Å². The number of esters is 1. The van der Waals surface area contributed by atoms with Crippen LogP contribution < -0.4 is 4.74 Å². The first-order valence-electron chi connectivity index (χ1n) is 7.13. The summed E-state index contributed by atoms with van der Waals surface area (Å²) in [5.41, 5.74) is 1.75. The molecule has 1 aliphatic carbocycles. The molecular weight excluding hydrogens is 281 g/mol. The number of carbonyl (C=O) groups excluding carboxylic acids is 1. The fourth-order valence-electron chi connectivity index (χ4n) is 2.71. The Bertz CT molecular complexity index is 523. The Morgan fingerprint density at radius 2 is 1.95 bits per heavy atom. The molecule has 0 N–H and O–H groups in total. The smallest absolute Gasteiger partial charge is 0.391 e. The minimum absolute atomic E-state index is 0.108. The first-order chi connectivity index (χ1) is 9.77. The maximum Gasteiger partial charge on any atom is 0.391 e. The van der Waals surface area contributed by atoms with Crippen LogP contribution in [0.5, 0.6) is 5.75 Å².